The summed E-state index contributed by atoms with van der Waals surface area (Å²) >= 11 is 0. The highest BCUT2D eigenvalue weighted by Crippen LogP contribution is 2.17. The highest BCUT2D eigenvalue weighted by atomic mass is 16.2. The average Bonchev–Trinajstić information content (AvgIpc) is 2.88. The Kier molecular flexibility index (Phi) is 3.03. The fraction of sp³-hybridized carbons (Fsp3) is 0.900. The van der Waals surface area contributed by atoms with Gasteiger partial charge in [-0.3, -0.25) is 4.79 Å². The van der Waals surface area contributed by atoms with Crippen LogP contribution in [-0.2, 0) is 4.79 Å². The third-order valence-corrected chi connectivity index (χ3v) is 3.27. The molecule has 2 atom stereocenters. The molecule has 4 heteroatoms. The molecule has 0 saturated carbocycles. The predicted octanol–water partition coefficient (Wildman–Crippen LogP) is -0.454. The highest BCUT2D eigenvalue weighted by molar-refractivity contribution is 5.82. The van der Waals surface area contributed by atoms with Crippen molar-refractivity contribution in [3.05, 3.63) is 0 Å². The molecule has 3 N–H and O–H groups in total. The molecule has 2 saturated heterocycles. The molecule has 0 radical (unpaired) electrons. The van der Waals surface area contributed by atoms with E-state index in [1.54, 1.807) is 0 Å². The molecule has 1 amide bonds. The van der Waals surface area contributed by atoms with Crippen molar-refractivity contribution in [2.75, 3.05) is 26.2 Å². The molecule has 0 aromatic heterocycles. The Morgan fingerprint density at radius 1 is 1.43 bits per heavy atom. The Morgan fingerprint density at radius 2 is 2.14 bits per heavy atom. The summed E-state index contributed by atoms with van der Waals surface area (Å²) < 4.78 is 0. The first-order valence-electron chi connectivity index (χ1n) is 5.53. The molecule has 14 heavy (non-hydrogen) atoms. The van der Waals surface area contributed by atoms with E-state index in [4.69, 9.17) is 5.73 Å². The third kappa shape index (κ3) is 1.91. The first-order chi connectivity index (χ1) is 6.81. The van der Waals surface area contributed by atoms with Crippen LogP contribution in [0.5, 0.6) is 0 Å². The minimum absolute atomic E-state index is 0.0432. The van der Waals surface area contributed by atoms with E-state index in [1.807, 2.05) is 4.90 Å². The van der Waals surface area contributed by atoms with Crippen molar-refractivity contribution in [1.29, 1.82) is 0 Å². The van der Waals surface area contributed by atoms with E-state index in [0.29, 0.717) is 18.4 Å². The van der Waals surface area contributed by atoms with Crippen LogP contribution < -0.4 is 11.1 Å². The molecule has 0 aliphatic carbocycles. The van der Waals surface area contributed by atoms with Crippen molar-refractivity contribution >= 4 is 5.91 Å². The molecule has 0 bridgehead atoms. The lowest BCUT2D eigenvalue weighted by molar-refractivity contribution is -0.132. The topological polar surface area (TPSA) is 58.4 Å². The molecular formula is C10H19N3O. The number of carbonyl (C=O) groups is 1. The van der Waals surface area contributed by atoms with Crippen molar-refractivity contribution in [3.63, 3.8) is 0 Å². The second kappa shape index (κ2) is 4.28. The molecule has 2 aliphatic rings. The summed E-state index contributed by atoms with van der Waals surface area (Å²) in [4.78, 5) is 13.9. The van der Waals surface area contributed by atoms with Crippen LogP contribution in [0.15, 0.2) is 0 Å². The molecule has 2 heterocycles. The van der Waals surface area contributed by atoms with Crippen molar-refractivity contribution in [3.8, 4) is 0 Å². The van der Waals surface area contributed by atoms with E-state index >= 15 is 0 Å². The van der Waals surface area contributed by atoms with Gasteiger partial charge in [-0.1, -0.05) is 0 Å². The largest absolute Gasteiger partial charge is 0.341 e. The lowest BCUT2D eigenvalue weighted by Gasteiger charge is -2.19. The van der Waals surface area contributed by atoms with Crippen LogP contribution >= 0.6 is 0 Å². The number of carbonyl (C=O) groups excluding carboxylic acids is 1. The fourth-order valence-electron chi connectivity index (χ4n) is 2.33. The molecule has 0 aromatic carbocycles. The Bertz CT molecular complexity index is 213. The number of amides is 1. The third-order valence-electron chi connectivity index (χ3n) is 3.27. The second-order valence-electron chi connectivity index (χ2n) is 4.33. The van der Waals surface area contributed by atoms with E-state index < -0.39 is 0 Å². The summed E-state index contributed by atoms with van der Waals surface area (Å²) in [6, 6.07) is 0.0432. The van der Waals surface area contributed by atoms with Gasteiger partial charge in [0, 0.05) is 13.1 Å². The first kappa shape index (κ1) is 9.93. The van der Waals surface area contributed by atoms with Crippen molar-refractivity contribution in [2.45, 2.75) is 25.3 Å². The van der Waals surface area contributed by atoms with Gasteiger partial charge in [-0.15, -0.1) is 0 Å². The van der Waals surface area contributed by atoms with Crippen LogP contribution in [0.4, 0.5) is 0 Å². The number of likely N-dealkylation sites (tertiary alicyclic amines) is 1. The Labute approximate surface area is 84.8 Å². The van der Waals surface area contributed by atoms with Gasteiger partial charge in [-0.2, -0.15) is 0 Å². The predicted molar refractivity (Wildman–Crippen MR) is 54.8 cm³/mol. The molecule has 2 fully saturated rings. The van der Waals surface area contributed by atoms with Gasteiger partial charge in [0.2, 0.25) is 5.91 Å². The number of rotatable bonds is 2. The van der Waals surface area contributed by atoms with E-state index in [-0.39, 0.29) is 6.04 Å². The Morgan fingerprint density at radius 3 is 2.71 bits per heavy atom. The summed E-state index contributed by atoms with van der Waals surface area (Å²) in [6.07, 6.45) is 3.25. The number of hydrogen-bond acceptors (Lipinski definition) is 3. The second-order valence-corrected chi connectivity index (χ2v) is 4.33. The summed E-state index contributed by atoms with van der Waals surface area (Å²) in [7, 11) is 0. The summed E-state index contributed by atoms with van der Waals surface area (Å²) in [5, 5.41) is 3.26. The van der Waals surface area contributed by atoms with Gasteiger partial charge in [0.1, 0.15) is 0 Å². The van der Waals surface area contributed by atoms with Gasteiger partial charge >= 0.3 is 0 Å². The van der Waals surface area contributed by atoms with Crippen LogP contribution in [0.1, 0.15) is 19.3 Å². The van der Waals surface area contributed by atoms with E-state index in [1.165, 1.54) is 12.8 Å². The maximum atomic E-state index is 11.9. The highest BCUT2D eigenvalue weighted by Gasteiger charge is 2.32. The molecule has 2 rings (SSSR count). The van der Waals surface area contributed by atoms with Crippen LogP contribution in [0.25, 0.3) is 0 Å². The monoisotopic (exact) mass is 197 g/mol. The van der Waals surface area contributed by atoms with Crippen LogP contribution in [0.2, 0.25) is 0 Å². The maximum Gasteiger partial charge on any atom is 0.239 e. The quantitative estimate of drug-likeness (QED) is 0.630. The SMILES string of the molecule is NCC1CNC(C(=O)N2CCCC2)C1. The van der Waals surface area contributed by atoms with Crippen LogP contribution in [-0.4, -0.2) is 43.0 Å². The molecule has 80 valence electrons. The lowest BCUT2D eigenvalue weighted by atomic mass is 10.1. The summed E-state index contributed by atoms with van der Waals surface area (Å²) in [5.74, 6) is 0.782. The average molecular weight is 197 g/mol. The number of hydrogen-bond donors (Lipinski definition) is 2. The number of nitrogens with one attached hydrogen (secondary N) is 1. The van der Waals surface area contributed by atoms with Gasteiger partial charge in [0.25, 0.3) is 0 Å². The van der Waals surface area contributed by atoms with E-state index in [9.17, 15) is 4.79 Å². The molecule has 0 aromatic rings. The molecule has 4 nitrogen and oxygen atoms in total. The van der Waals surface area contributed by atoms with E-state index in [2.05, 4.69) is 5.32 Å². The fourth-order valence-corrected chi connectivity index (χ4v) is 2.33. The maximum absolute atomic E-state index is 11.9. The van der Waals surface area contributed by atoms with Gasteiger partial charge in [-0.25, -0.2) is 0 Å². The van der Waals surface area contributed by atoms with Gasteiger partial charge in [0.05, 0.1) is 6.04 Å². The van der Waals surface area contributed by atoms with Gasteiger partial charge in [-0.05, 0) is 38.3 Å². The Balaban J connectivity index is 1.86. The zero-order chi connectivity index (χ0) is 9.97. The van der Waals surface area contributed by atoms with E-state index in [0.717, 1.165) is 26.1 Å². The number of nitrogens with zero attached hydrogens (tertiary/aromatic N) is 1. The van der Waals surface area contributed by atoms with Gasteiger partial charge in [0.15, 0.2) is 0 Å². The van der Waals surface area contributed by atoms with Crippen LogP contribution in [0.3, 0.4) is 0 Å². The summed E-state index contributed by atoms with van der Waals surface area (Å²) in [5.41, 5.74) is 5.58. The summed E-state index contributed by atoms with van der Waals surface area (Å²) in [6.45, 7) is 3.49. The van der Waals surface area contributed by atoms with Crippen LogP contribution in [0, 0.1) is 5.92 Å². The molecule has 2 unspecified atom stereocenters. The standard InChI is InChI=1S/C10H19N3O/c11-6-8-5-9(12-7-8)10(14)13-3-1-2-4-13/h8-9,12H,1-7,11H2. The van der Waals surface area contributed by atoms with Gasteiger partial charge < -0.3 is 16.0 Å². The normalized spacial score (nSPS) is 32.5. The van der Waals surface area contributed by atoms with Crippen molar-refractivity contribution in [2.24, 2.45) is 11.7 Å². The number of nitrogens with two attached hydrogens (primary N) is 1. The molecular weight excluding hydrogens is 178 g/mol. The smallest absolute Gasteiger partial charge is 0.239 e. The van der Waals surface area contributed by atoms with Crippen molar-refractivity contribution < 1.29 is 4.79 Å². The zero-order valence-electron chi connectivity index (χ0n) is 8.54. The minimum Gasteiger partial charge on any atom is -0.341 e. The minimum atomic E-state index is 0.0432. The Hall–Kier alpha value is -0.610. The first-order valence-corrected chi connectivity index (χ1v) is 5.53. The zero-order valence-corrected chi connectivity index (χ0v) is 8.54. The van der Waals surface area contributed by atoms with Crippen molar-refractivity contribution in [1.82, 2.24) is 10.2 Å². The molecule has 2 aliphatic heterocycles. The lowest BCUT2D eigenvalue weighted by Crippen LogP contribution is -2.42. The molecule has 0 spiro atoms.